The van der Waals surface area contributed by atoms with Crippen LogP contribution in [-0.4, -0.2) is 42.5 Å². The molecule has 4 heterocycles. The molecule has 0 radical (unpaired) electrons. The van der Waals surface area contributed by atoms with E-state index in [0.29, 0.717) is 5.57 Å². The summed E-state index contributed by atoms with van der Waals surface area (Å²) < 4.78 is 0.844. The Balaban J connectivity index is 1.64. The average Bonchev–Trinajstić information content (AvgIpc) is 2.84. The Labute approximate surface area is 202 Å². The molecule has 3 aromatic rings. The summed E-state index contributed by atoms with van der Waals surface area (Å²) in [6.45, 7) is 1.61. The number of urea groups is 1. The molecule has 0 saturated carbocycles. The first kappa shape index (κ1) is 23.8. The number of nitrogens with one attached hydrogen (secondary N) is 2. The number of pyridine rings is 2. The number of imide groups is 2. The molecule has 4 rings (SSSR count). The normalized spacial score (nSPS) is 15.6. The molecule has 0 atom stereocenters. The van der Waals surface area contributed by atoms with E-state index in [-0.39, 0.29) is 22.8 Å². The topological polar surface area (TPSA) is 167 Å². The van der Waals surface area contributed by atoms with Gasteiger partial charge in [0, 0.05) is 12.4 Å². The van der Waals surface area contributed by atoms with Gasteiger partial charge in [0.25, 0.3) is 17.4 Å². The van der Waals surface area contributed by atoms with E-state index in [0.717, 1.165) is 9.47 Å². The van der Waals surface area contributed by atoms with Crippen LogP contribution < -0.4 is 21.5 Å². The Bertz CT molecular complexity index is 1570. The minimum atomic E-state index is -0.917. The van der Waals surface area contributed by atoms with Gasteiger partial charge in [-0.05, 0) is 43.3 Å². The number of aromatic nitrogens is 4. The van der Waals surface area contributed by atoms with Crippen LogP contribution in [0.15, 0.2) is 87.8 Å². The largest absolute Gasteiger partial charge is 0.493 e. The molecule has 0 aromatic carbocycles. The molecule has 0 bridgehead atoms. The van der Waals surface area contributed by atoms with Gasteiger partial charge in [0.1, 0.15) is 22.8 Å². The number of hydrogen-bond donors (Lipinski definition) is 3. The summed E-state index contributed by atoms with van der Waals surface area (Å²) in [7, 11) is 0. The summed E-state index contributed by atoms with van der Waals surface area (Å²) in [4.78, 5) is 72.5. The number of aromatic amines is 1. The number of anilines is 1. The minimum absolute atomic E-state index is 0.0525. The zero-order valence-electron chi connectivity index (χ0n) is 18.7. The van der Waals surface area contributed by atoms with Crippen molar-refractivity contribution in [3.05, 3.63) is 105 Å². The highest BCUT2D eigenvalue weighted by molar-refractivity contribution is 6.37. The van der Waals surface area contributed by atoms with Crippen LogP contribution >= 0.6 is 0 Å². The molecule has 180 valence electrons. The molecule has 36 heavy (non-hydrogen) atoms. The number of nitrogens with zero attached hydrogens (tertiary/aromatic N) is 4. The minimum Gasteiger partial charge on any atom is -0.493 e. The maximum absolute atomic E-state index is 12.8. The monoisotopic (exact) mass is 486 g/mol. The lowest BCUT2D eigenvalue weighted by Crippen LogP contribution is -2.54. The van der Waals surface area contributed by atoms with E-state index in [1.54, 1.807) is 31.2 Å². The van der Waals surface area contributed by atoms with E-state index < -0.39 is 35.0 Å². The number of aromatic hydroxyl groups is 1. The van der Waals surface area contributed by atoms with Crippen molar-refractivity contribution in [3.8, 4) is 11.7 Å². The van der Waals surface area contributed by atoms with Gasteiger partial charge in [-0.3, -0.25) is 24.7 Å². The molecule has 12 nitrogen and oxygen atoms in total. The number of allylic oxidation sites excluding steroid dienone is 4. The number of amides is 4. The lowest BCUT2D eigenvalue weighted by molar-refractivity contribution is -0.122. The standard InChI is InChI=1S/C24H18N6O6/c1-14(8-10-15-19(31)27-23(35)29(21(15)33)17-6-2-4-12-25-17)9-11-16-20(32)28-24(36)30(22(16)34)18-7-3-5-13-26-18/h2-13,33H,1H3,(H,27,31,35)(H,28,32,36)/b10-8+,14-9+,16-11+. The third-order valence-electron chi connectivity index (χ3n) is 5.01. The zero-order chi connectivity index (χ0) is 25.8. The van der Waals surface area contributed by atoms with Crippen molar-refractivity contribution in [3.63, 3.8) is 0 Å². The molecule has 1 aliphatic heterocycles. The van der Waals surface area contributed by atoms with Crippen LogP contribution in [0.2, 0.25) is 0 Å². The van der Waals surface area contributed by atoms with E-state index in [9.17, 15) is 29.1 Å². The molecule has 1 aliphatic rings. The predicted molar refractivity (Wildman–Crippen MR) is 128 cm³/mol. The first-order chi connectivity index (χ1) is 17.3. The fourth-order valence-electron chi connectivity index (χ4n) is 3.24. The molecule has 0 aliphatic carbocycles. The second kappa shape index (κ2) is 9.85. The fraction of sp³-hybridized carbons (Fsp3) is 0.0417. The van der Waals surface area contributed by atoms with Crippen molar-refractivity contribution in [2.24, 2.45) is 0 Å². The van der Waals surface area contributed by atoms with Crippen LogP contribution in [-0.2, 0) is 9.59 Å². The molecule has 1 saturated heterocycles. The zero-order valence-corrected chi connectivity index (χ0v) is 18.7. The SMILES string of the molecule is CC(/C=C/c1c(O)n(-c2ccccn2)c(=O)[nH]c1=O)=C\C=C1/C(=O)NC(=O)N(c2ccccn2)C1=O. The Morgan fingerprint density at radius 1 is 0.972 bits per heavy atom. The molecule has 0 spiro atoms. The lowest BCUT2D eigenvalue weighted by Gasteiger charge is -2.25. The van der Waals surface area contributed by atoms with Crippen molar-refractivity contribution in [1.82, 2.24) is 24.8 Å². The lowest BCUT2D eigenvalue weighted by atomic mass is 10.1. The summed E-state index contributed by atoms with van der Waals surface area (Å²) in [5.74, 6) is -2.18. The van der Waals surface area contributed by atoms with Gasteiger partial charge in [-0.1, -0.05) is 29.9 Å². The quantitative estimate of drug-likeness (QED) is 0.275. The molecule has 1 fully saturated rings. The van der Waals surface area contributed by atoms with E-state index in [4.69, 9.17) is 0 Å². The van der Waals surface area contributed by atoms with Gasteiger partial charge >= 0.3 is 11.7 Å². The van der Waals surface area contributed by atoms with E-state index in [1.807, 2.05) is 0 Å². The average molecular weight is 486 g/mol. The number of carbonyl (C=O) groups is 3. The molecule has 3 aromatic heterocycles. The van der Waals surface area contributed by atoms with Gasteiger partial charge in [-0.15, -0.1) is 0 Å². The second-order valence-corrected chi connectivity index (χ2v) is 7.43. The second-order valence-electron chi connectivity index (χ2n) is 7.43. The van der Waals surface area contributed by atoms with Gasteiger partial charge in [-0.25, -0.2) is 29.0 Å². The Kier molecular flexibility index (Phi) is 6.50. The van der Waals surface area contributed by atoms with Gasteiger partial charge in [-0.2, -0.15) is 0 Å². The van der Waals surface area contributed by atoms with Crippen LogP contribution in [0.3, 0.4) is 0 Å². The first-order valence-corrected chi connectivity index (χ1v) is 10.4. The number of hydrogen-bond acceptors (Lipinski definition) is 8. The number of carbonyl (C=O) groups excluding carboxylic acids is 3. The van der Waals surface area contributed by atoms with Gasteiger partial charge in [0.05, 0.1) is 0 Å². The molecule has 12 heteroatoms. The summed E-state index contributed by atoms with van der Waals surface area (Å²) in [6, 6.07) is 8.45. The van der Waals surface area contributed by atoms with Gasteiger partial charge < -0.3 is 5.11 Å². The number of barbiturate groups is 1. The summed E-state index contributed by atoms with van der Waals surface area (Å²) in [5.41, 5.74) is -1.73. The number of rotatable bonds is 5. The third kappa shape index (κ3) is 4.63. The van der Waals surface area contributed by atoms with Gasteiger partial charge in [0.2, 0.25) is 5.88 Å². The van der Waals surface area contributed by atoms with Crippen LogP contribution in [0.25, 0.3) is 11.9 Å². The van der Waals surface area contributed by atoms with Crippen molar-refractivity contribution in [1.29, 1.82) is 0 Å². The van der Waals surface area contributed by atoms with Crippen LogP contribution in [0, 0.1) is 0 Å². The van der Waals surface area contributed by atoms with Crippen LogP contribution in [0.5, 0.6) is 5.88 Å². The van der Waals surface area contributed by atoms with Crippen molar-refractivity contribution < 1.29 is 19.5 Å². The maximum atomic E-state index is 12.8. The molecule has 4 amide bonds. The smallest absolute Gasteiger partial charge is 0.337 e. The summed E-state index contributed by atoms with van der Waals surface area (Å²) in [6.07, 6.45) is 8.16. The highest BCUT2D eigenvalue weighted by Crippen LogP contribution is 2.19. The first-order valence-electron chi connectivity index (χ1n) is 10.4. The van der Waals surface area contributed by atoms with Crippen LogP contribution in [0.1, 0.15) is 12.5 Å². The van der Waals surface area contributed by atoms with Crippen molar-refractivity contribution in [2.75, 3.05) is 4.90 Å². The highest BCUT2D eigenvalue weighted by atomic mass is 16.3. The van der Waals surface area contributed by atoms with E-state index >= 15 is 0 Å². The Morgan fingerprint density at radius 2 is 1.64 bits per heavy atom. The van der Waals surface area contributed by atoms with E-state index in [2.05, 4.69) is 20.3 Å². The van der Waals surface area contributed by atoms with Gasteiger partial charge in [0.15, 0.2) is 0 Å². The maximum Gasteiger partial charge on any atom is 0.337 e. The van der Waals surface area contributed by atoms with Crippen molar-refractivity contribution >= 4 is 29.7 Å². The predicted octanol–water partition coefficient (Wildman–Crippen LogP) is 1.19. The molecular weight excluding hydrogens is 468 g/mol. The molecule has 3 N–H and O–H groups in total. The summed E-state index contributed by atoms with van der Waals surface area (Å²) in [5, 5.41) is 12.6. The Morgan fingerprint density at radius 3 is 2.28 bits per heavy atom. The Hall–Kier alpha value is -5.39. The molecule has 0 unspecified atom stereocenters. The third-order valence-corrected chi connectivity index (χ3v) is 5.01. The number of H-pyrrole nitrogens is 1. The van der Waals surface area contributed by atoms with Crippen LogP contribution in [0.4, 0.5) is 10.6 Å². The van der Waals surface area contributed by atoms with E-state index in [1.165, 1.54) is 48.8 Å². The van der Waals surface area contributed by atoms with Crippen molar-refractivity contribution in [2.45, 2.75) is 6.92 Å². The summed E-state index contributed by atoms with van der Waals surface area (Å²) >= 11 is 0. The molecular formula is C24H18N6O6. The highest BCUT2D eigenvalue weighted by Gasteiger charge is 2.37. The fourth-order valence-corrected chi connectivity index (χ4v) is 3.24.